The summed E-state index contributed by atoms with van der Waals surface area (Å²) in [6.07, 6.45) is 1.75. The average Bonchev–Trinajstić information content (AvgIpc) is 3.20. The molecule has 0 N–H and O–H groups in total. The summed E-state index contributed by atoms with van der Waals surface area (Å²) >= 11 is 0. The smallest absolute Gasteiger partial charge is 0.142 e. The Morgan fingerprint density at radius 3 is 1.83 bits per heavy atom. The Balaban J connectivity index is 1.79. The molecule has 1 aliphatic heterocycles. The van der Waals surface area contributed by atoms with Crippen molar-refractivity contribution in [3.8, 4) is 0 Å². The molecule has 0 spiro atoms. The second-order valence-corrected chi connectivity index (χ2v) is 5.44. The molecule has 0 amide bonds. The van der Waals surface area contributed by atoms with Gasteiger partial charge in [0.2, 0.25) is 0 Å². The van der Waals surface area contributed by atoms with Crippen molar-refractivity contribution in [2.75, 3.05) is 15.4 Å². The van der Waals surface area contributed by atoms with Crippen molar-refractivity contribution in [1.82, 2.24) is 15.1 Å². The van der Waals surface area contributed by atoms with Crippen LogP contribution in [0.4, 0.5) is 11.4 Å². The number of para-hydroxylation sites is 2. The summed E-state index contributed by atoms with van der Waals surface area (Å²) in [6.45, 7) is 3.88. The van der Waals surface area contributed by atoms with Gasteiger partial charge in [-0.2, -0.15) is 0 Å². The van der Waals surface area contributed by atoms with Crippen molar-refractivity contribution in [3.05, 3.63) is 72.1 Å². The van der Waals surface area contributed by atoms with Gasteiger partial charge < -0.3 is 0 Å². The van der Waals surface area contributed by atoms with Gasteiger partial charge in [0, 0.05) is 0 Å². The van der Waals surface area contributed by atoms with Crippen molar-refractivity contribution >= 4 is 17.7 Å². The minimum absolute atomic E-state index is 0.878. The highest BCUT2D eigenvalue weighted by Gasteiger charge is 2.30. The Morgan fingerprint density at radius 2 is 1.25 bits per heavy atom. The van der Waals surface area contributed by atoms with Crippen LogP contribution >= 0.6 is 0 Å². The molecule has 0 fully saturated rings. The van der Waals surface area contributed by atoms with Gasteiger partial charge in [0.15, 0.2) is 0 Å². The van der Waals surface area contributed by atoms with E-state index >= 15 is 0 Å². The van der Waals surface area contributed by atoms with Crippen molar-refractivity contribution in [2.24, 2.45) is 5.10 Å². The monoisotopic (exact) mass is 319 g/mol. The molecule has 0 radical (unpaired) electrons. The summed E-state index contributed by atoms with van der Waals surface area (Å²) in [5.74, 6) is 0. The molecule has 0 atom stereocenters. The summed E-state index contributed by atoms with van der Waals surface area (Å²) in [7, 11) is 0. The molecule has 0 unspecified atom stereocenters. The lowest BCUT2D eigenvalue weighted by Crippen LogP contribution is -2.54. The molecule has 0 aliphatic carbocycles. The Labute approximate surface area is 139 Å². The summed E-state index contributed by atoms with van der Waals surface area (Å²) in [5.41, 5.74) is 3.64. The SMILES string of the molecule is Cc1nn(N2N(c3ccccc3)C=NN2c2ccccc2)nc1C. The van der Waals surface area contributed by atoms with Crippen LogP contribution < -0.4 is 15.4 Å². The molecular formula is C17H17N7. The topological polar surface area (TPSA) is 52.8 Å². The summed E-state index contributed by atoms with van der Waals surface area (Å²) in [4.78, 5) is 1.55. The Hall–Kier alpha value is -3.35. The third-order valence-corrected chi connectivity index (χ3v) is 3.80. The van der Waals surface area contributed by atoms with Gasteiger partial charge in [-0.15, -0.1) is 20.4 Å². The molecule has 1 aliphatic rings. The highest BCUT2D eigenvalue weighted by molar-refractivity contribution is 5.84. The minimum Gasteiger partial charge on any atom is -0.202 e. The van der Waals surface area contributed by atoms with E-state index in [-0.39, 0.29) is 0 Å². The highest BCUT2D eigenvalue weighted by atomic mass is 16.1. The molecule has 120 valence electrons. The van der Waals surface area contributed by atoms with Gasteiger partial charge in [-0.05, 0) is 43.0 Å². The van der Waals surface area contributed by atoms with Crippen LogP contribution in [0.5, 0.6) is 0 Å². The van der Waals surface area contributed by atoms with E-state index in [2.05, 4.69) is 15.3 Å². The first-order valence-corrected chi connectivity index (χ1v) is 7.68. The maximum Gasteiger partial charge on any atom is 0.142 e. The number of aromatic nitrogens is 3. The maximum absolute atomic E-state index is 4.52. The molecule has 0 saturated carbocycles. The van der Waals surface area contributed by atoms with Gasteiger partial charge in [-0.25, -0.2) is 5.01 Å². The van der Waals surface area contributed by atoms with Gasteiger partial charge in [0.25, 0.3) is 0 Å². The lowest BCUT2D eigenvalue weighted by molar-refractivity contribution is 0.476. The first kappa shape index (κ1) is 14.3. The Morgan fingerprint density at radius 1 is 0.708 bits per heavy atom. The quantitative estimate of drug-likeness (QED) is 0.743. The number of nitrogens with zero attached hydrogens (tertiary/aromatic N) is 7. The van der Waals surface area contributed by atoms with E-state index in [1.54, 1.807) is 21.6 Å². The van der Waals surface area contributed by atoms with Gasteiger partial charge in [-0.3, -0.25) is 0 Å². The second-order valence-electron chi connectivity index (χ2n) is 5.44. The molecule has 7 heteroatoms. The van der Waals surface area contributed by atoms with E-state index in [0.29, 0.717) is 0 Å². The maximum atomic E-state index is 4.52. The summed E-state index contributed by atoms with van der Waals surface area (Å²) in [5, 5.41) is 19.0. The Bertz CT molecular complexity index is 788. The second kappa shape index (κ2) is 5.69. The van der Waals surface area contributed by atoms with E-state index in [1.165, 1.54) is 0 Å². The van der Waals surface area contributed by atoms with Crippen molar-refractivity contribution in [1.29, 1.82) is 0 Å². The molecule has 2 heterocycles. The predicted octanol–water partition coefficient (Wildman–Crippen LogP) is 2.63. The molecule has 24 heavy (non-hydrogen) atoms. The van der Waals surface area contributed by atoms with Crippen LogP contribution in [0.2, 0.25) is 0 Å². The van der Waals surface area contributed by atoms with Crippen LogP contribution in [-0.2, 0) is 0 Å². The Kier molecular flexibility index (Phi) is 3.38. The number of rotatable bonds is 3. The van der Waals surface area contributed by atoms with Crippen molar-refractivity contribution in [3.63, 3.8) is 0 Å². The first-order valence-electron chi connectivity index (χ1n) is 7.68. The predicted molar refractivity (Wildman–Crippen MR) is 94.0 cm³/mol. The lowest BCUT2D eigenvalue weighted by atomic mass is 10.3. The number of hydrazone groups is 1. The normalized spacial score (nSPS) is 13.8. The van der Waals surface area contributed by atoms with Crippen LogP contribution in [0.25, 0.3) is 0 Å². The van der Waals surface area contributed by atoms with Crippen LogP contribution in [0.15, 0.2) is 65.8 Å². The molecule has 2 aromatic carbocycles. The number of hydrogen-bond acceptors (Lipinski definition) is 6. The van der Waals surface area contributed by atoms with Crippen molar-refractivity contribution < 1.29 is 0 Å². The van der Waals surface area contributed by atoms with E-state index in [0.717, 1.165) is 22.8 Å². The molecule has 1 aromatic heterocycles. The number of anilines is 2. The standard InChI is InChI=1S/C17H17N7/c1-14-15(2)20-23(19-14)24-21(16-9-5-3-6-10-16)13-18-22(24)17-11-7-4-8-12-17/h3-13H,1-2H3. The fraction of sp³-hybridized carbons (Fsp3) is 0.118. The highest BCUT2D eigenvalue weighted by Crippen LogP contribution is 2.24. The van der Waals surface area contributed by atoms with E-state index < -0.39 is 0 Å². The molecule has 4 rings (SSSR count). The van der Waals surface area contributed by atoms with Crippen LogP contribution in [0, 0.1) is 13.8 Å². The van der Waals surface area contributed by atoms with E-state index in [4.69, 9.17) is 0 Å². The number of aryl methyl sites for hydroxylation is 2. The first-order chi connectivity index (χ1) is 11.7. The number of hydrogen-bond donors (Lipinski definition) is 0. The zero-order valence-corrected chi connectivity index (χ0v) is 13.5. The van der Waals surface area contributed by atoms with Gasteiger partial charge in [0.05, 0.1) is 22.8 Å². The average molecular weight is 319 g/mol. The fourth-order valence-electron chi connectivity index (χ4n) is 2.44. The largest absolute Gasteiger partial charge is 0.202 e. The van der Waals surface area contributed by atoms with E-state index in [1.807, 2.05) is 79.5 Å². The van der Waals surface area contributed by atoms with Crippen molar-refractivity contribution in [2.45, 2.75) is 13.8 Å². The number of hydrazine groups is 2. The summed E-state index contributed by atoms with van der Waals surface area (Å²) < 4.78 is 0. The van der Waals surface area contributed by atoms with Crippen LogP contribution in [-0.4, -0.2) is 21.4 Å². The van der Waals surface area contributed by atoms with Gasteiger partial charge in [0.1, 0.15) is 6.34 Å². The summed E-state index contributed by atoms with van der Waals surface area (Å²) in [6, 6.07) is 19.9. The van der Waals surface area contributed by atoms with E-state index in [9.17, 15) is 0 Å². The molecule has 3 aromatic rings. The molecular weight excluding hydrogens is 302 g/mol. The van der Waals surface area contributed by atoms with Gasteiger partial charge in [-0.1, -0.05) is 41.6 Å². The zero-order valence-electron chi connectivity index (χ0n) is 13.5. The van der Waals surface area contributed by atoms with Gasteiger partial charge >= 0.3 is 0 Å². The third kappa shape index (κ3) is 2.36. The molecule has 7 nitrogen and oxygen atoms in total. The number of benzene rings is 2. The van der Waals surface area contributed by atoms with Crippen LogP contribution in [0.1, 0.15) is 11.4 Å². The third-order valence-electron chi connectivity index (χ3n) is 3.80. The fourth-order valence-corrected chi connectivity index (χ4v) is 2.44. The zero-order chi connectivity index (χ0) is 16.5. The van der Waals surface area contributed by atoms with Crippen LogP contribution in [0.3, 0.4) is 0 Å². The molecule has 0 bridgehead atoms. The molecule has 0 saturated heterocycles. The minimum atomic E-state index is 0.878. The lowest BCUT2D eigenvalue weighted by Gasteiger charge is -2.32.